The Morgan fingerprint density at radius 2 is 1.73 bits per heavy atom. The third-order valence-electron chi connectivity index (χ3n) is 6.00. The smallest absolute Gasteiger partial charge is 0.419 e. The second-order valence-corrected chi connectivity index (χ2v) is 9.53. The van der Waals surface area contributed by atoms with Gasteiger partial charge in [-0.05, 0) is 79.4 Å². The number of aromatic hydroxyl groups is 1. The Bertz CT molecular complexity index is 1420. The fourth-order valence-corrected chi connectivity index (χ4v) is 3.46. The molecule has 0 aliphatic carbocycles. The molecule has 15 heteroatoms. The Kier molecular flexibility index (Phi) is 15.3. The van der Waals surface area contributed by atoms with Gasteiger partial charge in [0.2, 0.25) is 11.8 Å². The summed E-state index contributed by atoms with van der Waals surface area (Å²) in [7, 11) is 0. The van der Waals surface area contributed by atoms with Crippen LogP contribution in [-0.4, -0.2) is 45.7 Å². The third kappa shape index (κ3) is 12.7. The van der Waals surface area contributed by atoms with Crippen LogP contribution in [0.3, 0.4) is 0 Å². The first-order valence-corrected chi connectivity index (χ1v) is 13.2. The van der Waals surface area contributed by atoms with Crippen LogP contribution in [0.2, 0.25) is 0 Å². The van der Waals surface area contributed by atoms with Crippen molar-refractivity contribution in [3.8, 4) is 5.75 Å². The zero-order valence-electron chi connectivity index (χ0n) is 24.6. The SMILES string of the molecule is C/C=C(\C)N=O.C=C(C)/C(=C\c1ccc(F)c(C(F)(F)F)c1)C(=O)N(F)C(Cc1ccc(O)cc1)C(=O)NCCCC(=O)NO. The molecule has 3 amide bonds. The number of benzene rings is 2. The van der Waals surface area contributed by atoms with Crippen molar-refractivity contribution in [3.05, 3.63) is 99.4 Å². The normalized spacial score (nSPS) is 12.3. The van der Waals surface area contributed by atoms with E-state index < -0.39 is 52.0 Å². The van der Waals surface area contributed by atoms with Crippen molar-refractivity contribution < 1.29 is 46.7 Å². The summed E-state index contributed by atoms with van der Waals surface area (Å²) in [6.45, 7) is 8.18. The Hall–Kier alpha value is -4.92. The molecule has 0 bridgehead atoms. The predicted octanol–water partition coefficient (Wildman–Crippen LogP) is 5.91. The minimum atomic E-state index is -5.02. The first-order chi connectivity index (χ1) is 21.0. The number of hydrogen-bond acceptors (Lipinski definition) is 7. The van der Waals surface area contributed by atoms with Crippen LogP contribution >= 0.6 is 0 Å². The molecule has 1 atom stereocenters. The largest absolute Gasteiger partial charge is 0.508 e. The number of amides is 3. The number of alkyl halides is 3. The summed E-state index contributed by atoms with van der Waals surface area (Å²) in [4.78, 5) is 46.5. The van der Waals surface area contributed by atoms with Gasteiger partial charge in [-0.1, -0.05) is 35.3 Å². The number of hydroxylamine groups is 1. The van der Waals surface area contributed by atoms with E-state index in [4.69, 9.17) is 5.21 Å². The number of carbonyl (C=O) groups excluding carboxylic acids is 3. The number of phenols is 1. The second kappa shape index (κ2) is 18.0. The zero-order valence-corrected chi connectivity index (χ0v) is 24.6. The third-order valence-corrected chi connectivity index (χ3v) is 6.00. The molecule has 244 valence electrons. The number of halogens is 5. The van der Waals surface area contributed by atoms with Gasteiger partial charge in [-0.2, -0.15) is 18.3 Å². The average molecular weight is 641 g/mol. The molecule has 2 aromatic carbocycles. The maximum absolute atomic E-state index is 15.6. The lowest BCUT2D eigenvalue weighted by molar-refractivity contribution is -0.154. The topological polar surface area (TPSA) is 148 Å². The lowest BCUT2D eigenvalue weighted by atomic mass is 10.0. The highest BCUT2D eigenvalue weighted by molar-refractivity contribution is 6.03. The van der Waals surface area contributed by atoms with Crippen molar-refractivity contribution in [1.29, 1.82) is 0 Å². The minimum absolute atomic E-state index is 0.0423. The summed E-state index contributed by atoms with van der Waals surface area (Å²) in [5, 5.41) is 22.6. The molecule has 2 rings (SSSR count). The Balaban J connectivity index is 0.00000153. The summed E-state index contributed by atoms with van der Waals surface area (Å²) < 4.78 is 68.6. The molecular weight excluding hydrogens is 607 g/mol. The Morgan fingerprint density at radius 1 is 1.11 bits per heavy atom. The van der Waals surface area contributed by atoms with Crippen LogP contribution in [-0.2, 0) is 27.0 Å². The molecule has 0 aliphatic rings. The van der Waals surface area contributed by atoms with Crippen LogP contribution in [0.15, 0.2) is 77.1 Å². The maximum Gasteiger partial charge on any atom is 0.419 e. The summed E-state index contributed by atoms with van der Waals surface area (Å²) in [5.74, 6) is -4.68. The number of carbonyl (C=O) groups is 3. The van der Waals surface area contributed by atoms with Crippen LogP contribution in [0.1, 0.15) is 50.3 Å². The molecule has 0 radical (unpaired) electrons. The van der Waals surface area contributed by atoms with Gasteiger partial charge in [0.1, 0.15) is 17.6 Å². The highest BCUT2D eigenvalue weighted by atomic mass is 19.4. The van der Waals surface area contributed by atoms with Gasteiger partial charge in [0.15, 0.2) is 0 Å². The Morgan fingerprint density at radius 3 is 2.22 bits per heavy atom. The average Bonchev–Trinajstić information content (AvgIpc) is 3.00. The van der Waals surface area contributed by atoms with E-state index in [-0.39, 0.29) is 42.7 Å². The summed E-state index contributed by atoms with van der Waals surface area (Å²) in [6.07, 6.45) is -2.89. The second-order valence-electron chi connectivity index (χ2n) is 9.53. The molecule has 0 heterocycles. The number of nitrogens with zero attached hydrogens (tertiary/aromatic N) is 2. The summed E-state index contributed by atoms with van der Waals surface area (Å²) in [6, 6.07) is 5.57. The van der Waals surface area contributed by atoms with Crippen LogP contribution in [0.4, 0.5) is 22.0 Å². The van der Waals surface area contributed by atoms with Crippen molar-refractivity contribution in [2.75, 3.05) is 6.54 Å². The molecule has 0 saturated heterocycles. The Labute approximate surface area is 255 Å². The highest BCUT2D eigenvalue weighted by Gasteiger charge is 2.35. The van der Waals surface area contributed by atoms with E-state index in [2.05, 4.69) is 17.1 Å². The number of phenolic OH excluding ortho intramolecular Hbond substituents is 1. The van der Waals surface area contributed by atoms with Gasteiger partial charge in [0.05, 0.1) is 11.3 Å². The lowest BCUT2D eigenvalue weighted by Crippen LogP contribution is -2.47. The van der Waals surface area contributed by atoms with Crippen molar-refractivity contribution in [3.63, 3.8) is 0 Å². The van der Waals surface area contributed by atoms with E-state index in [1.807, 2.05) is 0 Å². The number of allylic oxidation sites excluding steroid dienone is 2. The monoisotopic (exact) mass is 640 g/mol. The van der Waals surface area contributed by atoms with Crippen molar-refractivity contribution in [2.45, 2.75) is 52.3 Å². The standard InChI is InChI=1S/C26H26F5N3O5.C4H7NO/c1-15(2)19(12-17-7-10-21(27)20(13-17)26(28,29)30)25(38)34(31)22(14-16-5-8-18(35)9-6-16)24(37)32-11-3-4-23(36)33-39;1-3-4(2)5-6/h5-10,12-13,22,35,39H,1,3-4,11,14H2,2H3,(H,32,37)(H,33,36);3H,1-2H3/b19-12+;4-3+. The van der Waals surface area contributed by atoms with Crippen LogP contribution < -0.4 is 10.8 Å². The molecule has 0 aliphatic heterocycles. The first-order valence-electron chi connectivity index (χ1n) is 13.2. The number of nitroso groups, excluding NO2 is 1. The van der Waals surface area contributed by atoms with Crippen molar-refractivity contribution in [1.82, 2.24) is 15.9 Å². The molecule has 2 aromatic rings. The molecule has 4 N–H and O–H groups in total. The van der Waals surface area contributed by atoms with E-state index in [1.54, 1.807) is 19.9 Å². The molecule has 45 heavy (non-hydrogen) atoms. The van der Waals surface area contributed by atoms with E-state index in [1.165, 1.54) is 36.7 Å². The minimum Gasteiger partial charge on any atom is -0.508 e. The van der Waals surface area contributed by atoms with E-state index >= 15 is 4.48 Å². The van der Waals surface area contributed by atoms with Gasteiger partial charge in [-0.25, -0.2) is 9.87 Å². The van der Waals surface area contributed by atoms with Gasteiger partial charge in [-0.3, -0.25) is 19.6 Å². The molecule has 1 unspecified atom stereocenters. The quantitative estimate of drug-likeness (QED) is 0.0331. The van der Waals surface area contributed by atoms with Gasteiger partial charge in [-0.15, -0.1) is 4.91 Å². The predicted molar refractivity (Wildman–Crippen MR) is 155 cm³/mol. The zero-order chi connectivity index (χ0) is 34.3. The van der Waals surface area contributed by atoms with Gasteiger partial charge >= 0.3 is 6.18 Å². The van der Waals surface area contributed by atoms with E-state index in [9.17, 15) is 42.0 Å². The van der Waals surface area contributed by atoms with E-state index in [0.717, 1.165) is 12.1 Å². The van der Waals surface area contributed by atoms with Crippen molar-refractivity contribution in [2.24, 2.45) is 5.18 Å². The molecule has 0 fully saturated rings. The highest BCUT2D eigenvalue weighted by Crippen LogP contribution is 2.32. The lowest BCUT2D eigenvalue weighted by Gasteiger charge is -2.24. The van der Waals surface area contributed by atoms with Crippen LogP contribution in [0, 0.1) is 10.7 Å². The van der Waals surface area contributed by atoms with Crippen molar-refractivity contribution >= 4 is 23.8 Å². The molecular formula is C30H33F5N4O6. The summed E-state index contributed by atoms with van der Waals surface area (Å²) >= 11 is 0. The molecule has 0 aromatic heterocycles. The fourth-order valence-electron chi connectivity index (χ4n) is 3.46. The fraction of sp³-hybridized carbons (Fsp3) is 0.300. The van der Waals surface area contributed by atoms with Gasteiger partial charge in [0.25, 0.3) is 5.91 Å². The van der Waals surface area contributed by atoms with Crippen LogP contribution in [0.5, 0.6) is 5.75 Å². The van der Waals surface area contributed by atoms with Crippen LogP contribution in [0.25, 0.3) is 6.08 Å². The van der Waals surface area contributed by atoms with Gasteiger partial charge < -0.3 is 10.4 Å². The number of rotatable bonds is 12. The maximum atomic E-state index is 15.6. The molecule has 10 nitrogen and oxygen atoms in total. The number of nitrogens with one attached hydrogen (secondary N) is 2. The molecule has 0 spiro atoms. The van der Waals surface area contributed by atoms with E-state index in [0.29, 0.717) is 23.4 Å². The summed E-state index contributed by atoms with van der Waals surface area (Å²) in [5.41, 5.74) is -0.0385. The first kappa shape index (κ1) is 38.1. The molecule has 0 saturated carbocycles. The number of hydrogen-bond donors (Lipinski definition) is 4. The van der Waals surface area contributed by atoms with Gasteiger partial charge in [0, 0.05) is 25.0 Å².